The summed E-state index contributed by atoms with van der Waals surface area (Å²) >= 11 is 0. The summed E-state index contributed by atoms with van der Waals surface area (Å²) in [6.45, 7) is 0. The van der Waals surface area contributed by atoms with E-state index < -0.39 is 5.97 Å². The molecule has 0 heterocycles. The Morgan fingerprint density at radius 2 is 2.14 bits per heavy atom. The lowest BCUT2D eigenvalue weighted by Crippen LogP contribution is -2.36. The first-order valence-electron chi connectivity index (χ1n) is 4.28. The van der Waals surface area contributed by atoms with Crippen LogP contribution in [0.5, 0.6) is 0 Å². The maximum atomic E-state index is 11.4. The Morgan fingerprint density at radius 3 is 2.57 bits per heavy atom. The molecule has 78 valence electrons. The largest absolute Gasteiger partial charge is 0.478 e. The first-order chi connectivity index (χ1) is 6.54. The third-order valence-corrected chi connectivity index (χ3v) is 2.28. The van der Waals surface area contributed by atoms with Gasteiger partial charge in [0.25, 0.3) is 0 Å². The number of carbonyl (C=O) groups is 2. The van der Waals surface area contributed by atoms with Gasteiger partial charge >= 0.3 is 5.97 Å². The van der Waals surface area contributed by atoms with Gasteiger partial charge in [-0.25, -0.2) is 9.86 Å². The average Bonchev–Trinajstić information content (AvgIpc) is 2.07. The molecule has 1 rings (SSSR count). The van der Waals surface area contributed by atoms with Crippen molar-refractivity contribution in [3.05, 3.63) is 11.6 Å². The Labute approximate surface area is 81.9 Å². The van der Waals surface area contributed by atoms with Gasteiger partial charge < -0.3 is 5.11 Å². The summed E-state index contributed by atoms with van der Waals surface area (Å²) in [5.41, 5.74) is 0.806. The van der Waals surface area contributed by atoms with Gasteiger partial charge in [-0.05, 0) is 12.8 Å². The van der Waals surface area contributed by atoms with Crippen LogP contribution in [0.3, 0.4) is 0 Å². The molecule has 5 nitrogen and oxygen atoms in total. The highest BCUT2D eigenvalue weighted by Crippen LogP contribution is 2.33. The van der Waals surface area contributed by atoms with Crippen LogP contribution < -0.4 is 0 Å². The van der Waals surface area contributed by atoms with E-state index in [4.69, 9.17) is 9.94 Å². The van der Waals surface area contributed by atoms with Crippen LogP contribution in [0.15, 0.2) is 11.6 Å². The van der Waals surface area contributed by atoms with Crippen molar-refractivity contribution in [2.75, 3.05) is 14.2 Å². The van der Waals surface area contributed by atoms with E-state index in [1.165, 1.54) is 12.2 Å². The molecule has 14 heavy (non-hydrogen) atoms. The summed E-state index contributed by atoms with van der Waals surface area (Å²) in [5, 5.41) is 9.60. The highest BCUT2D eigenvalue weighted by molar-refractivity contribution is 5.84. The molecular formula is C9H13NO4. The molecule has 0 saturated heterocycles. The second-order valence-corrected chi connectivity index (χ2v) is 3.26. The molecule has 1 amide bonds. The summed E-state index contributed by atoms with van der Waals surface area (Å²) in [4.78, 5) is 26.4. The van der Waals surface area contributed by atoms with E-state index in [0.717, 1.165) is 11.6 Å². The van der Waals surface area contributed by atoms with E-state index in [2.05, 4.69) is 0 Å². The molecule has 5 heteroatoms. The second-order valence-electron chi connectivity index (χ2n) is 3.26. The molecule has 1 N–H and O–H groups in total. The predicted molar refractivity (Wildman–Crippen MR) is 48.2 cm³/mol. The fraction of sp³-hybridized carbons (Fsp3) is 0.556. The van der Waals surface area contributed by atoms with Gasteiger partial charge in [0.15, 0.2) is 0 Å². The van der Waals surface area contributed by atoms with Crippen LogP contribution in [0.2, 0.25) is 0 Å². The number of rotatable bonds is 3. The summed E-state index contributed by atoms with van der Waals surface area (Å²) in [6, 6.07) is 0. The zero-order valence-electron chi connectivity index (χ0n) is 8.19. The fourth-order valence-electron chi connectivity index (χ4n) is 1.39. The molecule has 0 bridgehead atoms. The molecule has 1 aliphatic carbocycles. The molecule has 0 aromatic heterocycles. The number of allylic oxidation sites excluding steroid dienone is 1. The minimum Gasteiger partial charge on any atom is -0.478 e. The maximum absolute atomic E-state index is 11.4. The average molecular weight is 199 g/mol. The van der Waals surface area contributed by atoms with E-state index in [1.54, 1.807) is 7.05 Å². The number of amides is 1. The van der Waals surface area contributed by atoms with Gasteiger partial charge in [-0.2, -0.15) is 0 Å². The van der Waals surface area contributed by atoms with Crippen molar-refractivity contribution in [1.82, 2.24) is 5.06 Å². The molecule has 0 radical (unpaired) electrons. The lowest BCUT2D eigenvalue weighted by molar-refractivity contribution is -0.174. The maximum Gasteiger partial charge on any atom is 0.328 e. The van der Waals surface area contributed by atoms with Crippen LogP contribution in [-0.2, 0) is 14.4 Å². The zero-order chi connectivity index (χ0) is 10.7. The molecular weight excluding hydrogens is 186 g/mol. The predicted octanol–water partition coefficient (Wildman–Crippen LogP) is 0.427. The standard InChI is InChI=1S/C9H13NO4/c1-10(14-2)9(13)7-3-6(4-7)5-8(11)12/h5,7H,3-4H2,1-2H3,(H,11,12). The molecule has 1 saturated carbocycles. The molecule has 0 aromatic carbocycles. The Kier molecular flexibility index (Phi) is 3.24. The zero-order valence-corrected chi connectivity index (χ0v) is 8.19. The first-order valence-corrected chi connectivity index (χ1v) is 4.28. The molecule has 0 atom stereocenters. The summed E-state index contributed by atoms with van der Waals surface area (Å²) in [7, 11) is 2.96. The SMILES string of the molecule is CON(C)C(=O)C1CC(=CC(=O)O)C1. The lowest BCUT2D eigenvalue weighted by atomic mass is 9.79. The number of hydroxylamine groups is 2. The van der Waals surface area contributed by atoms with Crippen LogP contribution in [-0.4, -0.2) is 36.2 Å². The summed E-state index contributed by atoms with van der Waals surface area (Å²) < 4.78 is 0. The van der Waals surface area contributed by atoms with Gasteiger partial charge in [0, 0.05) is 19.0 Å². The van der Waals surface area contributed by atoms with E-state index in [9.17, 15) is 9.59 Å². The monoisotopic (exact) mass is 199 g/mol. The van der Waals surface area contributed by atoms with Crippen molar-refractivity contribution in [2.24, 2.45) is 5.92 Å². The minimum atomic E-state index is -0.953. The third-order valence-electron chi connectivity index (χ3n) is 2.28. The normalized spacial score (nSPS) is 19.9. The molecule has 0 unspecified atom stereocenters. The van der Waals surface area contributed by atoms with Gasteiger partial charge in [0.05, 0.1) is 7.11 Å². The van der Waals surface area contributed by atoms with Gasteiger partial charge in [0.2, 0.25) is 5.91 Å². The van der Waals surface area contributed by atoms with E-state index in [0.29, 0.717) is 12.8 Å². The number of nitrogens with zero attached hydrogens (tertiary/aromatic N) is 1. The van der Waals surface area contributed by atoms with Crippen molar-refractivity contribution in [3.8, 4) is 0 Å². The Bertz CT molecular complexity index is 277. The first kappa shape index (κ1) is 10.7. The lowest BCUT2D eigenvalue weighted by Gasteiger charge is -2.30. The second kappa shape index (κ2) is 4.23. The van der Waals surface area contributed by atoms with Crippen LogP contribution in [0.25, 0.3) is 0 Å². The van der Waals surface area contributed by atoms with Gasteiger partial charge in [-0.3, -0.25) is 9.63 Å². The van der Waals surface area contributed by atoms with Crippen molar-refractivity contribution < 1.29 is 19.5 Å². The third kappa shape index (κ3) is 2.32. The van der Waals surface area contributed by atoms with Crippen LogP contribution in [0.1, 0.15) is 12.8 Å². The number of hydrogen-bond acceptors (Lipinski definition) is 3. The fourth-order valence-corrected chi connectivity index (χ4v) is 1.39. The highest BCUT2D eigenvalue weighted by atomic mass is 16.7. The topological polar surface area (TPSA) is 66.8 Å². The van der Waals surface area contributed by atoms with E-state index in [1.807, 2.05) is 0 Å². The number of carboxylic acid groups (broad SMARTS) is 1. The Morgan fingerprint density at radius 1 is 1.57 bits per heavy atom. The number of hydrogen-bond donors (Lipinski definition) is 1. The van der Waals surface area contributed by atoms with Crippen molar-refractivity contribution in [1.29, 1.82) is 0 Å². The Balaban J connectivity index is 2.41. The number of aliphatic carboxylic acids is 1. The van der Waals surface area contributed by atoms with Gasteiger partial charge in [-0.1, -0.05) is 5.57 Å². The number of carboxylic acids is 1. The summed E-state index contributed by atoms with van der Waals surface area (Å²) in [5.74, 6) is -1.17. The van der Waals surface area contributed by atoms with Crippen LogP contribution in [0.4, 0.5) is 0 Å². The van der Waals surface area contributed by atoms with Crippen molar-refractivity contribution >= 4 is 11.9 Å². The van der Waals surface area contributed by atoms with Crippen molar-refractivity contribution in [2.45, 2.75) is 12.8 Å². The minimum absolute atomic E-state index is 0.102. The molecule has 0 spiro atoms. The van der Waals surface area contributed by atoms with Gasteiger partial charge in [0.1, 0.15) is 0 Å². The van der Waals surface area contributed by atoms with Crippen LogP contribution >= 0.6 is 0 Å². The molecule has 0 aliphatic heterocycles. The molecule has 1 fully saturated rings. The molecule has 1 aliphatic rings. The van der Waals surface area contributed by atoms with E-state index in [-0.39, 0.29) is 11.8 Å². The van der Waals surface area contributed by atoms with Gasteiger partial charge in [-0.15, -0.1) is 0 Å². The quantitative estimate of drug-likeness (QED) is 0.528. The smallest absolute Gasteiger partial charge is 0.328 e. The Hall–Kier alpha value is -1.36. The summed E-state index contributed by atoms with van der Waals surface area (Å²) in [6.07, 6.45) is 2.22. The van der Waals surface area contributed by atoms with Crippen molar-refractivity contribution in [3.63, 3.8) is 0 Å². The van der Waals surface area contributed by atoms with E-state index >= 15 is 0 Å². The molecule has 0 aromatic rings. The highest BCUT2D eigenvalue weighted by Gasteiger charge is 2.32. The number of carbonyl (C=O) groups excluding carboxylic acids is 1. The van der Waals surface area contributed by atoms with Crippen LogP contribution in [0, 0.1) is 5.92 Å².